The van der Waals surface area contributed by atoms with Crippen LogP contribution in [0.1, 0.15) is 45.7 Å². The minimum Gasteiger partial charge on any atom is -0.452 e. The quantitative estimate of drug-likeness (QED) is 0.538. The van der Waals surface area contributed by atoms with Crippen molar-refractivity contribution in [2.75, 3.05) is 11.1 Å². The lowest BCUT2D eigenvalue weighted by Gasteiger charge is -2.36. The van der Waals surface area contributed by atoms with Gasteiger partial charge in [-0.2, -0.15) is 0 Å². The van der Waals surface area contributed by atoms with Crippen LogP contribution in [0.5, 0.6) is 11.5 Å². The molecule has 0 aliphatic carbocycles. The summed E-state index contributed by atoms with van der Waals surface area (Å²) in [5.41, 5.74) is 7.53. The molecule has 0 saturated heterocycles. The molecule has 5 nitrogen and oxygen atoms in total. The molecule has 27 heavy (non-hydrogen) atoms. The van der Waals surface area contributed by atoms with Crippen molar-refractivity contribution < 1.29 is 14.3 Å². The predicted octanol–water partition coefficient (Wildman–Crippen LogP) is 6.35. The van der Waals surface area contributed by atoms with Crippen LogP contribution in [-0.4, -0.2) is 11.7 Å². The second-order valence-electron chi connectivity index (χ2n) is 8.06. The number of anilines is 2. The molecule has 0 unspecified atom stereocenters. The van der Waals surface area contributed by atoms with Crippen LogP contribution in [0, 0.1) is 0 Å². The SMILES string of the molecule is CC(C)(C)OC(=O)Nc1cc(Cl)cc2c1Oc1c(N)cc(Cl)cc1C2(C)C. The van der Waals surface area contributed by atoms with E-state index in [1.807, 2.05) is 26.0 Å². The summed E-state index contributed by atoms with van der Waals surface area (Å²) in [5.74, 6) is 1.00. The van der Waals surface area contributed by atoms with Gasteiger partial charge in [0.2, 0.25) is 0 Å². The maximum atomic E-state index is 12.3. The molecule has 0 fully saturated rings. The van der Waals surface area contributed by atoms with E-state index in [9.17, 15) is 4.79 Å². The first-order valence-corrected chi connectivity index (χ1v) is 9.25. The number of rotatable bonds is 1. The van der Waals surface area contributed by atoms with Gasteiger partial charge in [0.05, 0.1) is 11.4 Å². The molecule has 1 heterocycles. The van der Waals surface area contributed by atoms with Crippen molar-refractivity contribution in [3.05, 3.63) is 45.4 Å². The smallest absolute Gasteiger partial charge is 0.412 e. The first kappa shape index (κ1) is 19.6. The maximum absolute atomic E-state index is 12.3. The molecule has 0 atom stereocenters. The highest BCUT2D eigenvalue weighted by Gasteiger charge is 2.37. The normalized spacial score (nSPS) is 14.6. The van der Waals surface area contributed by atoms with Gasteiger partial charge in [0, 0.05) is 26.6 Å². The fraction of sp³-hybridized carbons (Fsp3) is 0.350. The van der Waals surface area contributed by atoms with Gasteiger partial charge in [-0.25, -0.2) is 4.79 Å². The molecule has 0 spiro atoms. The van der Waals surface area contributed by atoms with Gasteiger partial charge in [0.1, 0.15) is 5.60 Å². The molecule has 2 aromatic rings. The van der Waals surface area contributed by atoms with Crippen molar-refractivity contribution in [1.82, 2.24) is 0 Å². The third-order valence-electron chi connectivity index (χ3n) is 4.32. The summed E-state index contributed by atoms with van der Waals surface area (Å²) >= 11 is 12.5. The molecule has 3 rings (SSSR count). The summed E-state index contributed by atoms with van der Waals surface area (Å²) in [4.78, 5) is 12.3. The molecular formula is C20H22Cl2N2O3. The lowest BCUT2D eigenvalue weighted by atomic mass is 9.75. The molecule has 1 aliphatic rings. The van der Waals surface area contributed by atoms with Crippen LogP contribution in [0.15, 0.2) is 24.3 Å². The topological polar surface area (TPSA) is 73.6 Å². The van der Waals surface area contributed by atoms with E-state index < -0.39 is 17.1 Å². The molecular weight excluding hydrogens is 387 g/mol. The van der Waals surface area contributed by atoms with Gasteiger partial charge in [-0.3, -0.25) is 5.32 Å². The average molecular weight is 409 g/mol. The Labute approximate surface area is 168 Å². The summed E-state index contributed by atoms with van der Waals surface area (Å²) in [7, 11) is 0. The summed E-state index contributed by atoms with van der Waals surface area (Å²) in [6.45, 7) is 9.42. The standard InChI is InChI=1S/C20H22Cl2N2O3/c1-19(2,3)27-18(25)24-15-9-11(22)7-13-17(15)26-16-12(20(13,4)5)6-10(21)8-14(16)23/h6-9H,23H2,1-5H3,(H,24,25). The number of nitrogen functional groups attached to an aromatic ring is 1. The molecule has 0 saturated carbocycles. The minimum atomic E-state index is -0.628. The van der Waals surface area contributed by atoms with Crippen LogP contribution in [0.2, 0.25) is 10.0 Å². The average Bonchev–Trinajstić information content (AvgIpc) is 2.47. The van der Waals surface area contributed by atoms with Gasteiger partial charge in [-0.05, 0) is 45.0 Å². The Kier molecular flexibility index (Phi) is 4.73. The third kappa shape index (κ3) is 3.80. The number of amides is 1. The first-order valence-electron chi connectivity index (χ1n) is 8.50. The van der Waals surface area contributed by atoms with Crippen LogP contribution in [0.3, 0.4) is 0 Å². The third-order valence-corrected chi connectivity index (χ3v) is 4.76. The lowest BCUT2D eigenvalue weighted by molar-refractivity contribution is 0.0635. The second kappa shape index (κ2) is 6.50. The van der Waals surface area contributed by atoms with Crippen molar-refractivity contribution in [1.29, 1.82) is 0 Å². The van der Waals surface area contributed by atoms with Gasteiger partial charge in [-0.1, -0.05) is 37.0 Å². The number of ether oxygens (including phenoxy) is 2. The number of nitrogens with two attached hydrogens (primary N) is 1. The minimum absolute atomic E-state index is 0.417. The number of benzene rings is 2. The Hall–Kier alpha value is -2.11. The largest absolute Gasteiger partial charge is 0.452 e. The van der Waals surface area contributed by atoms with E-state index in [4.69, 9.17) is 38.4 Å². The monoisotopic (exact) mass is 408 g/mol. The molecule has 2 aromatic carbocycles. The summed E-state index contributed by atoms with van der Waals surface area (Å²) in [6, 6.07) is 6.91. The van der Waals surface area contributed by atoms with Gasteiger partial charge >= 0.3 is 6.09 Å². The van der Waals surface area contributed by atoms with Crippen LogP contribution < -0.4 is 15.8 Å². The van der Waals surface area contributed by atoms with E-state index in [1.54, 1.807) is 32.9 Å². The zero-order valence-electron chi connectivity index (χ0n) is 15.9. The molecule has 1 aliphatic heterocycles. The Bertz CT molecular complexity index is 934. The summed E-state index contributed by atoms with van der Waals surface area (Å²) in [5, 5.41) is 3.73. The number of carbonyl (C=O) groups is 1. The fourth-order valence-electron chi connectivity index (χ4n) is 3.11. The Morgan fingerprint density at radius 1 is 1.07 bits per heavy atom. The number of hydrogen-bond donors (Lipinski definition) is 2. The van der Waals surface area contributed by atoms with E-state index in [-0.39, 0.29) is 0 Å². The molecule has 3 N–H and O–H groups in total. The van der Waals surface area contributed by atoms with Crippen molar-refractivity contribution in [2.45, 2.75) is 45.6 Å². The van der Waals surface area contributed by atoms with E-state index in [2.05, 4.69) is 5.32 Å². The Morgan fingerprint density at radius 3 is 2.22 bits per heavy atom. The summed E-state index contributed by atoms with van der Waals surface area (Å²) < 4.78 is 11.4. The number of fused-ring (bicyclic) bond motifs is 2. The van der Waals surface area contributed by atoms with Crippen molar-refractivity contribution in [3.8, 4) is 11.5 Å². The first-order chi connectivity index (χ1) is 12.4. The van der Waals surface area contributed by atoms with Crippen LogP contribution in [-0.2, 0) is 10.2 Å². The van der Waals surface area contributed by atoms with Crippen molar-refractivity contribution in [3.63, 3.8) is 0 Å². The Balaban J connectivity index is 2.11. The highest BCUT2D eigenvalue weighted by atomic mass is 35.5. The number of halogens is 2. The van der Waals surface area contributed by atoms with E-state index in [1.165, 1.54) is 0 Å². The van der Waals surface area contributed by atoms with Gasteiger partial charge in [0.25, 0.3) is 0 Å². The van der Waals surface area contributed by atoms with Crippen LogP contribution in [0.25, 0.3) is 0 Å². The Morgan fingerprint density at radius 2 is 1.63 bits per heavy atom. The van der Waals surface area contributed by atoms with Crippen molar-refractivity contribution in [2.24, 2.45) is 0 Å². The number of carbonyl (C=O) groups excluding carboxylic acids is 1. The number of nitrogens with one attached hydrogen (secondary N) is 1. The van der Waals surface area contributed by atoms with E-state index in [0.29, 0.717) is 32.9 Å². The highest BCUT2D eigenvalue weighted by Crippen LogP contribution is 2.53. The number of hydrogen-bond acceptors (Lipinski definition) is 4. The van der Waals surface area contributed by atoms with Gasteiger partial charge < -0.3 is 15.2 Å². The maximum Gasteiger partial charge on any atom is 0.412 e. The molecule has 0 radical (unpaired) electrons. The van der Waals surface area contributed by atoms with Crippen LogP contribution >= 0.6 is 23.2 Å². The fourth-order valence-corrected chi connectivity index (χ4v) is 3.56. The molecule has 7 heteroatoms. The summed E-state index contributed by atoms with van der Waals surface area (Å²) in [6.07, 6.45) is -0.594. The van der Waals surface area contributed by atoms with Gasteiger partial charge in [-0.15, -0.1) is 0 Å². The lowest BCUT2D eigenvalue weighted by Crippen LogP contribution is -2.29. The zero-order valence-corrected chi connectivity index (χ0v) is 17.4. The highest BCUT2D eigenvalue weighted by molar-refractivity contribution is 6.31. The van der Waals surface area contributed by atoms with E-state index >= 15 is 0 Å². The predicted molar refractivity (Wildman–Crippen MR) is 109 cm³/mol. The van der Waals surface area contributed by atoms with Crippen LogP contribution in [0.4, 0.5) is 16.2 Å². The van der Waals surface area contributed by atoms with Crippen molar-refractivity contribution >= 4 is 40.7 Å². The second-order valence-corrected chi connectivity index (χ2v) is 8.93. The van der Waals surface area contributed by atoms with E-state index in [0.717, 1.165) is 11.1 Å². The zero-order chi connectivity index (χ0) is 20.1. The van der Waals surface area contributed by atoms with Gasteiger partial charge in [0.15, 0.2) is 11.5 Å². The molecule has 144 valence electrons. The molecule has 0 aromatic heterocycles. The molecule has 1 amide bonds. The molecule has 0 bridgehead atoms.